The molecule has 8 nitrogen and oxygen atoms in total. The van der Waals surface area contributed by atoms with E-state index in [0.29, 0.717) is 34.9 Å². The topological polar surface area (TPSA) is 87.2 Å². The lowest BCUT2D eigenvalue weighted by molar-refractivity contribution is 1.04. The molecular weight excluding hydrogens is 1000 g/mol. The van der Waals surface area contributed by atoms with Crippen molar-refractivity contribution in [3.8, 4) is 102 Å². The lowest BCUT2D eigenvalue weighted by Crippen LogP contribution is -2.09. The first-order chi connectivity index (χ1) is 40.5. The van der Waals surface area contributed by atoms with Crippen LogP contribution in [0.1, 0.15) is 11.1 Å². The SMILES string of the molecule is Cc1ccc2c(c1)c1cc(C)ccc1n2-c1cc(-c2nc(-c3ccccc3)nc(-c3ccccc3)n2)cc(-c2nc(-c3ccccc3)nc(-c3ccccc3)n2)c1-n1c2ccc(-c3ccccc3)cc2c2cc(-c3ccccc3)ccc21. The maximum Gasteiger partial charge on any atom is 0.166 e. The van der Waals surface area contributed by atoms with Gasteiger partial charge in [-0.25, -0.2) is 29.9 Å². The first kappa shape index (κ1) is 48.2. The minimum atomic E-state index is 0.482. The molecule has 0 N–H and O–H groups in total. The Morgan fingerprint density at radius 1 is 0.232 bits per heavy atom. The third-order valence-corrected chi connectivity index (χ3v) is 15.5. The van der Waals surface area contributed by atoms with Gasteiger partial charge < -0.3 is 9.13 Å². The van der Waals surface area contributed by atoms with Gasteiger partial charge in [0.15, 0.2) is 34.9 Å². The van der Waals surface area contributed by atoms with Gasteiger partial charge in [-0.05, 0) is 96.8 Å². The van der Waals surface area contributed by atoms with Gasteiger partial charge in [-0.15, -0.1) is 0 Å². The zero-order valence-electron chi connectivity index (χ0n) is 45.0. The number of hydrogen-bond acceptors (Lipinski definition) is 6. The van der Waals surface area contributed by atoms with Gasteiger partial charge in [0.25, 0.3) is 0 Å². The number of aromatic nitrogens is 8. The standard InChI is InChI=1S/C74H50N8/c1-47-33-37-63-58(41-47)59-42-48(2)34-38-64(59)81(63)67-46-57(73-77-69(51-25-13-5-14-26-51)75-70(78-73)52-27-15-6-16-28-52)45-62(74-79-71(53-29-17-7-18-30-53)76-72(80-74)54-31-19-8-20-32-54)68(67)82-65-39-35-55(49-21-9-3-10-22-49)43-60(65)61-44-56(36-40-66(61)82)50-23-11-4-12-24-50/h3-46H,1-2H3. The highest BCUT2D eigenvalue weighted by Gasteiger charge is 2.28. The van der Waals surface area contributed by atoms with E-state index in [0.717, 1.165) is 111 Å². The Kier molecular flexibility index (Phi) is 11.8. The predicted molar refractivity (Wildman–Crippen MR) is 335 cm³/mol. The third kappa shape index (κ3) is 8.58. The van der Waals surface area contributed by atoms with Crippen LogP contribution in [0.5, 0.6) is 0 Å². The van der Waals surface area contributed by atoms with E-state index < -0.39 is 0 Å². The molecular formula is C74H50N8. The fourth-order valence-electron chi connectivity index (χ4n) is 11.6. The van der Waals surface area contributed by atoms with Crippen LogP contribution in [-0.4, -0.2) is 39.0 Å². The summed E-state index contributed by atoms with van der Waals surface area (Å²) in [7, 11) is 0. The number of benzene rings is 11. The second-order valence-electron chi connectivity index (χ2n) is 20.9. The van der Waals surface area contributed by atoms with E-state index in [9.17, 15) is 0 Å². The van der Waals surface area contributed by atoms with Crippen LogP contribution in [0, 0.1) is 13.8 Å². The van der Waals surface area contributed by atoms with Gasteiger partial charge in [-0.1, -0.05) is 217 Å². The Hall–Kier alpha value is -11.0. The molecule has 0 aliphatic carbocycles. The van der Waals surface area contributed by atoms with E-state index in [1.165, 1.54) is 11.1 Å². The summed E-state index contributed by atoms with van der Waals surface area (Å²) < 4.78 is 4.87. The molecule has 386 valence electrons. The van der Waals surface area contributed by atoms with Crippen LogP contribution >= 0.6 is 0 Å². The Bertz CT molecular complexity index is 4630. The van der Waals surface area contributed by atoms with E-state index in [2.05, 4.69) is 193 Å². The molecule has 0 aliphatic rings. The molecule has 4 heterocycles. The third-order valence-electron chi connectivity index (χ3n) is 15.5. The van der Waals surface area contributed by atoms with Crippen LogP contribution in [0.2, 0.25) is 0 Å². The van der Waals surface area contributed by atoms with Gasteiger partial charge in [0.05, 0.1) is 33.4 Å². The number of nitrogens with zero attached hydrogens (tertiary/aromatic N) is 8. The summed E-state index contributed by atoms with van der Waals surface area (Å²) in [6.07, 6.45) is 0. The molecule has 0 fully saturated rings. The molecule has 0 amide bonds. The van der Waals surface area contributed by atoms with Crippen LogP contribution in [-0.2, 0) is 0 Å². The highest BCUT2D eigenvalue weighted by Crippen LogP contribution is 2.46. The van der Waals surface area contributed by atoms with E-state index in [1.807, 2.05) is 97.1 Å². The summed E-state index contributed by atoms with van der Waals surface area (Å²) in [6.45, 7) is 4.33. The van der Waals surface area contributed by atoms with Gasteiger partial charge in [0.1, 0.15) is 0 Å². The molecule has 0 bridgehead atoms. The molecule has 0 unspecified atom stereocenters. The molecule has 82 heavy (non-hydrogen) atoms. The monoisotopic (exact) mass is 1050 g/mol. The molecule has 0 saturated carbocycles. The largest absolute Gasteiger partial charge is 0.307 e. The highest BCUT2D eigenvalue weighted by atomic mass is 15.1. The Balaban J connectivity index is 1.14. The second-order valence-corrected chi connectivity index (χ2v) is 20.9. The summed E-state index contributed by atoms with van der Waals surface area (Å²) in [5.74, 6) is 3.19. The normalized spacial score (nSPS) is 11.5. The zero-order valence-corrected chi connectivity index (χ0v) is 45.0. The molecule has 15 aromatic rings. The smallest absolute Gasteiger partial charge is 0.166 e. The van der Waals surface area contributed by atoms with Crippen LogP contribution in [0.4, 0.5) is 0 Å². The maximum atomic E-state index is 5.58. The van der Waals surface area contributed by atoms with Gasteiger partial charge in [-0.3, -0.25) is 0 Å². The fourth-order valence-corrected chi connectivity index (χ4v) is 11.6. The molecule has 11 aromatic carbocycles. The van der Waals surface area contributed by atoms with E-state index in [1.54, 1.807) is 0 Å². The number of hydrogen-bond donors (Lipinski definition) is 0. The van der Waals surface area contributed by atoms with E-state index >= 15 is 0 Å². The summed E-state index contributed by atoms with van der Waals surface area (Å²) in [5.41, 5.74) is 17.7. The lowest BCUT2D eigenvalue weighted by Gasteiger charge is -2.22. The first-order valence-electron chi connectivity index (χ1n) is 27.6. The van der Waals surface area contributed by atoms with Crippen LogP contribution in [0.3, 0.4) is 0 Å². The Morgan fingerprint density at radius 2 is 0.537 bits per heavy atom. The van der Waals surface area contributed by atoms with Crippen LogP contribution < -0.4 is 0 Å². The Labute approximate surface area is 474 Å². The molecule has 4 aromatic heterocycles. The van der Waals surface area contributed by atoms with Crippen molar-refractivity contribution in [2.75, 3.05) is 0 Å². The Morgan fingerprint density at radius 3 is 0.915 bits per heavy atom. The maximum absolute atomic E-state index is 5.58. The number of rotatable bonds is 10. The average Bonchev–Trinajstić information content (AvgIpc) is 3.08. The molecule has 0 aliphatic heterocycles. The van der Waals surface area contributed by atoms with Crippen molar-refractivity contribution in [2.45, 2.75) is 13.8 Å². The molecule has 15 rings (SSSR count). The lowest BCUT2D eigenvalue weighted by atomic mass is 10.0. The number of aryl methyl sites for hydroxylation is 2. The van der Waals surface area contributed by atoms with Crippen molar-refractivity contribution < 1.29 is 0 Å². The molecule has 0 radical (unpaired) electrons. The first-order valence-corrected chi connectivity index (χ1v) is 27.6. The van der Waals surface area contributed by atoms with Gasteiger partial charge >= 0.3 is 0 Å². The summed E-state index contributed by atoms with van der Waals surface area (Å²) >= 11 is 0. The quantitative estimate of drug-likeness (QED) is 0.136. The van der Waals surface area contributed by atoms with Crippen molar-refractivity contribution in [2.24, 2.45) is 0 Å². The van der Waals surface area contributed by atoms with E-state index in [-0.39, 0.29) is 0 Å². The van der Waals surface area contributed by atoms with Crippen LogP contribution in [0.15, 0.2) is 267 Å². The molecule has 8 heteroatoms. The van der Waals surface area contributed by atoms with Crippen molar-refractivity contribution in [1.82, 2.24) is 39.0 Å². The van der Waals surface area contributed by atoms with Crippen molar-refractivity contribution in [3.63, 3.8) is 0 Å². The van der Waals surface area contributed by atoms with Crippen molar-refractivity contribution >= 4 is 43.6 Å². The van der Waals surface area contributed by atoms with Crippen LogP contribution in [0.25, 0.3) is 146 Å². The van der Waals surface area contributed by atoms with Crippen molar-refractivity contribution in [3.05, 3.63) is 278 Å². The zero-order chi connectivity index (χ0) is 54.7. The average molecular weight is 1050 g/mol. The molecule has 0 saturated heterocycles. The van der Waals surface area contributed by atoms with Gasteiger partial charge in [0, 0.05) is 54.9 Å². The fraction of sp³-hybridized carbons (Fsp3) is 0.0270. The minimum absolute atomic E-state index is 0.482. The predicted octanol–water partition coefficient (Wildman–Crippen LogP) is 18.2. The summed E-state index contributed by atoms with van der Waals surface area (Å²) in [4.78, 5) is 32.4. The molecule has 0 atom stereocenters. The number of fused-ring (bicyclic) bond motifs is 6. The molecule has 0 spiro atoms. The van der Waals surface area contributed by atoms with Crippen molar-refractivity contribution in [1.29, 1.82) is 0 Å². The summed E-state index contributed by atoms with van der Waals surface area (Å²) in [5, 5.41) is 4.50. The summed E-state index contributed by atoms with van der Waals surface area (Å²) in [6, 6.07) is 93.7. The minimum Gasteiger partial charge on any atom is -0.307 e. The highest BCUT2D eigenvalue weighted by molar-refractivity contribution is 6.14. The second kappa shape index (κ2) is 20.0. The van der Waals surface area contributed by atoms with E-state index in [4.69, 9.17) is 29.9 Å². The van der Waals surface area contributed by atoms with Gasteiger partial charge in [0.2, 0.25) is 0 Å². The van der Waals surface area contributed by atoms with Gasteiger partial charge in [-0.2, -0.15) is 0 Å².